The van der Waals surface area contributed by atoms with Gasteiger partial charge in [-0.25, -0.2) is 5.43 Å². The highest BCUT2D eigenvalue weighted by atomic mass is 35.5. The third-order valence-corrected chi connectivity index (χ3v) is 3.78. The number of methoxy groups -OCH3 is 1. The topological polar surface area (TPSA) is 109 Å². The van der Waals surface area contributed by atoms with Crippen LogP contribution in [0.4, 0.5) is 0 Å². The summed E-state index contributed by atoms with van der Waals surface area (Å²) >= 11 is 5.86. The summed E-state index contributed by atoms with van der Waals surface area (Å²) in [6.45, 7) is 1.33. The number of nitrogens with one attached hydrogen (secondary N) is 2. The lowest BCUT2D eigenvalue weighted by molar-refractivity contribution is -0.127. The number of carbonyl (C=O) groups excluding carboxylic acids is 2. The molecule has 0 saturated heterocycles. The number of nitrogens with zero attached hydrogens (tertiary/aromatic N) is 1. The molecule has 3 N–H and O–H groups in total. The molecule has 148 valence electrons. The zero-order chi connectivity index (χ0) is 20.5. The van der Waals surface area contributed by atoms with Crippen LogP contribution in [0.2, 0.25) is 5.02 Å². The molecule has 0 heterocycles. The molecule has 0 radical (unpaired) electrons. The quantitative estimate of drug-likeness (QED) is 0.459. The van der Waals surface area contributed by atoms with Gasteiger partial charge in [0.2, 0.25) is 0 Å². The second kappa shape index (κ2) is 10.2. The highest BCUT2D eigenvalue weighted by Gasteiger charge is 2.07. The number of hydrogen-bond donors (Lipinski definition) is 3. The molecule has 0 aliphatic rings. The van der Waals surface area contributed by atoms with Gasteiger partial charge in [0.05, 0.1) is 19.9 Å². The fourth-order valence-corrected chi connectivity index (χ4v) is 2.37. The molecule has 2 amide bonds. The molecule has 2 rings (SSSR count). The first-order valence-electron chi connectivity index (χ1n) is 8.23. The highest BCUT2D eigenvalue weighted by molar-refractivity contribution is 6.30. The Kier molecular flexibility index (Phi) is 7.65. The minimum Gasteiger partial charge on any atom is -0.504 e. The molecule has 0 spiro atoms. The Morgan fingerprint density at radius 1 is 1.18 bits per heavy atom. The number of rotatable bonds is 8. The lowest BCUT2D eigenvalue weighted by Gasteiger charge is -2.09. The minimum atomic E-state index is -0.502. The van der Waals surface area contributed by atoms with Crippen molar-refractivity contribution < 1.29 is 24.2 Å². The van der Waals surface area contributed by atoms with Crippen LogP contribution in [0.1, 0.15) is 11.1 Å². The van der Waals surface area contributed by atoms with Gasteiger partial charge in [0, 0.05) is 5.02 Å². The van der Waals surface area contributed by atoms with E-state index in [0.29, 0.717) is 22.1 Å². The average molecular weight is 406 g/mol. The van der Waals surface area contributed by atoms with Gasteiger partial charge in [-0.05, 0) is 54.4 Å². The molecule has 2 aromatic rings. The Labute approximate surface area is 167 Å². The summed E-state index contributed by atoms with van der Waals surface area (Å²) in [6.07, 6.45) is 1.38. The molecule has 0 atom stereocenters. The molecule has 0 bridgehead atoms. The van der Waals surface area contributed by atoms with Crippen LogP contribution in [0.5, 0.6) is 17.2 Å². The van der Waals surface area contributed by atoms with Crippen LogP contribution in [-0.2, 0) is 9.59 Å². The molecule has 9 heteroatoms. The van der Waals surface area contributed by atoms with E-state index in [0.717, 1.165) is 5.56 Å². The van der Waals surface area contributed by atoms with Gasteiger partial charge >= 0.3 is 0 Å². The van der Waals surface area contributed by atoms with Crippen molar-refractivity contribution in [1.29, 1.82) is 0 Å². The SMILES string of the molecule is COc1cc(/C=N/NC(=O)CNC(=O)COc2ccc(Cl)cc2C)ccc1O. The summed E-state index contributed by atoms with van der Waals surface area (Å²) in [4.78, 5) is 23.5. The minimum absolute atomic E-state index is 0.00223. The summed E-state index contributed by atoms with van der Waals surface area (Å²) < 4.78 is 10.4. The first-order valence-corrected chi connectivity index (χ1v) is 8.61. The second-order valence-electron chi connectivity index (χ2n) is 5.70. The standard InChI is InChI=1S/C19H20ClN3O5/c1-12-7-14(20)4-6-16(12)28-11-19(26)21-10-18(25)23-22-9-13-3-5-15(24)17(8-13)27-2/h3-9,24H,10-11H2,1-2H3,(H,21,26)(H,23,25)/b22-9+. The van der Waals surface area contributed by atoms with Crippen LogP contribution < -0.4 is 20.2 Å². The fourth-order valence-electron chi connectivity index (χ4n) is 2.14. The van der Waals surface area contributed by atoms with Gasteiger partial charge in [-0.1, -0.05) is 11.6 Å². The fraction of sp³-hybridized carbons (Fsp3) is 0.211. The number of aromatic hydroxyl groups is 1. The van der Waals surface area contributed by atoms with E-state index in [1.165, 1.54) is 19.4 Å². The summed E-state index contributed by atoms with van der Waals surface area (Å²) in [5.74, 6) is -0.117. The number of aryl methyl sites for hydroxylation is 1. The van der Waals surface area contributed by atoms with Gasteiger partial charge in [-0.15, -0.1) is 0 Å². The summed E-state index contributed by atoms with van der Waals surface area (Å²) in [5.41, 5.74) is 3.71. The third kappa shape index (κ3) is 6.48. The molecule has 2 aromatic carbocycles. The lowest BCUT2D eigenvalue weighted by Crippen LogP contribution is -2.37. The Balaban J connectivity index is 1.73. The van der Waals surface area contributed by atoms with E-state index in [2.05, 4.69) is 15.8 Å². The molecule has 28 heavy (non-hydrogen) atoms. The van der Waals surface area contributed by atoms with E-state index in [-0.39, 0.29) is 18.9 Å². The lowest BCUT2D eigenvalue weighted by atomic mass is 10.2. The largest absolute Gasteiger partial charge is 0.504 e. The number of halogens is 1. The molecule has 0 fully saturated rings. The maximum Gasteiger partial charge on any atom is 0.259 e. The Hall–Kier alpha value is -3.26. The molecule has 0 aliphatic heterocycles. The molecule has 8 nitrogen and oxygen atoms in total. The summed E-state index contributed by atoms with van der Waals surface area (Å²) in [6, 6.07) is 9.67. The number of phenolic OH excluding ortho intramolecular Hbond substituents is 1. The van der Waals surface area contributed by atoms with E-state index in [1.807, 2.05) is 6.92 Å². The summed E-state index contributed by atoms with van der Waals surface area (Å²) in [7, 11) is 1.43. The number of hydrazone groups is 1. The maximum atomic E-state index is 11.8. The number of benzene rings is 2. The van der Waals surface area contributed by atoms with Gasteiger partial charge in [0.15, 0.2) is 18.1 Å². The van der Waals surface area contributed by atoms with Crippen LogP contribution >= 0.6 is 11.6 Å². The Morgan fingerprint density at radius 2 is 1.96 bits per heavy atom. The van der Waals surface area contributed by atoms with Gasteiger partial charge in [0.1, 0.15) is 5.75 Å². The van der Waals surface area contributed by atoms with Crippen molar-refractivity contribution in [3.63, 3.8) is 0 Å². The average Bonchev–Trinajstić information content (AvgIpc) is 2.67. The normalized spacial score (nSPS) is 10.5. The van der Waals surface area contributed by atoms with Crippen molar-refractivity contribution in [3.8, 4) is 17.2 Å². The smallest absolute Gasteiger partial charge is 0.259 e. The first kappa shape index (κ1) is 21.0. The molecule has 0 aliphatic carbocycles. The van der Waals surface area contributed by atoms with Crippen molar-refractivity contribution in [2.75, 3.05) is 20.3 Å². The first-order chi connectivity index (χ1) is 13.4. The zero-order valence-electron chi connectivity index (χ0n) is 15.4. The van der Waals surface area contributed by atoms with Gasteiger partial charge in [0.25, 0.3) is 11.8 Å². The predicted molar refractivity (Wildman–Crippen MR) is 105 cm³/mol. The van der Waals surface area contributed by atoms with Gasteiger partial charge < -0.3 is 19.9 Å². The molecular formula is C19H20ClN3O5. The van der Waals surface area contributed by atoms with E-state index in [1.54, 1.807) is 30.3 Å². The molecule has 0 saturated carbocycles. The van der Waals surface area contributed by atoms with Gasteiger partial charge in [-0.2, -0.15) is 5.10 Å². The van der Waals surface area contributed by atoms with Crippen molar-refractivity contribution in [2.45, 2.75) is 6.92 Å². The van der Waals surface area contributed by atoms with Crippen LogP contribution in [0.15, 0.2) is 41.5 Å². The van der Waals surface area contributed by atoms with E-state index in [4.69, 9.17) is 21.1 Å². The molecule has 0 unspecified atom stereocenters. The summed E-state index contributed by atoms with van der Waals surface area (Å²) in [5, 5.41) is 16.3. The maximum absolute atomic E-state index is 11.8. The number of amides is 2. The zero-order valence-corrected chi connectivity index (χ0v) is 16.1. The van der Waals surface area contributed by atoms with E-state index in [9.17, 15) is 14.7 Å². The monoisotopic (exact) mass is 405 g/mol. The van der Waals surface area contributed by atoms with Gasteiger partial charge in [-0.3, -0.25) is 9.59 Å². The third-order valence-electron chi connectivity index (χ3n) is 3.55. The van der Waals surface area contributed by atoms with Crippen LogP contribution in [-0.4, -0.2) is 43.4 Å². The van der Waals surface area contributed by atoms with E-state index >= 15 is 0 Å². The molecular weight excluding hydrogens is 386 g/mol. The number of phenols is 1. The second-order valence-corrected chi connectivity index (χ2v) is 6.14. The van der Waals surface area contributed by atoms with Crippen LogP contribution in [0.3, 0.4) is 0 Å². The number of ether oxygens (including phenoxy) is 2. The Bertz CT molecular complexity index is 886. The van der Waals surface area contributed by atoms with Crippen molar-refractivity contribution in [2.24, 2.45) is 5.10 Å². The van der Waals surface area contributed by atoms with Crippen LogP contribution in [0, 0.1) is 6.92 Å². The van der Waals surface area contributed by atoms with Crippen molar-refractivity contribution >= 4 is 29.6 Å². The van der Waals surface area contributed by atoms with E-state index < -0.39 is 11.8 Å². The predicted octanol–water partition coefficient (Wildman–Crippen LogP) is 2.01. The highest BCUT2D eigenvalue weighted by Crippen LogP contribution is 2.25. The molecule has 0 aromatic heterocycles. The number of hydrogen-bond acceptors (Lipinski definition) is 6. The van der Waals surface area contributed by atoms with Crippen molar-refractivity contribution in [3.05, 3.63) is 52.5 Å². The Morgan fingerprint density at radius 3 is 2.68 bits per heavy atom. The number of carbonyl (C=O) groups is 2. The van der Waals surface area contributed by atoms with Crippen LogP contribution in [0.25, 0.3) is 0 Å². The van der Waals surface area contributed by atoms with Crippen molar-refractivity contribution in [1.82, 2.24) is 10.7 Å².